The van der Waals surface area contributed by atoms with Crippen LogP contribution in [0.4, 0.5) is 0 Å². The van der Waals surface area contributed by atoms with Gasteiger partial charge in [0.2, 0.25) is 5.91 Å². The first-order valence-electron chi connectivity index (χ1n) is 6.43. The van der Waals surface area contributed by atoms with Crippen molar-refractivity contribution in [3.8, 4) is 0 Å². The lowest BCUT2D eigenvalue weighted by atomic mass is 10.2. The molecule has 1 fully saturated rings. The minimum absolute atomic E-state index is 0.290. The van der Waals surface area contributed by atoms with Crippen molar-refractivity contribution in [2.24, 2.45) is 0 Å². The number of amides is 1. The Morgan fingerprint density at radius 3 is 2.69 bits per heavy atom. The third kappa shape index (κ3) is 4.35. The van der Waals surface area contributed by atoms with Crippen LogP contribution in [0.15, 0.2) is 12.2 Å². The molecule has 92 valence electrons. The number of hydrogen-bond acceptors (Lipinski definition) is 2. The Morgan fingerprint density at radius 2 is 2.06 bits per heavy atom. The molecular formula is C13H24N2O. The largest absolute Gasteiger partial charge is 0.341 e. The highest BCUT2D eigenvalue weighted by Crippen LogP contribution is 2.05. The van der Waals surface area contributed by atoms with Crippen molar-refractivity contribution in [2.45, 2.75) is 33.1 Å². The summed E-state index contributed by atoms with van der Waals surface area (Å²) in [6.45, 7) is 8.66. The Hall–Kier alpha value is -0.830. The lowest BCUT2D eigenvalue weighted by molar-refractivity contribution is -0.135. The van der Waals surface area contributed by atoms with E-state index >= 15 is 0 Å². The molecule has 1 saturated heterocycles. The van der Waals surface area contributed by atoms with E-state index in [4.69, 9.17) is 0 Å². The van der Waals surface area contributed by atoms with E-state index in [9.17, 15) is 4.79 Å². The van der Waals surface area contributed by atoms with E-state index in [1.54, 1.807) is 0 Å². The highest BCUT2D eigenvalue weighted by molar-refractivity contribution is 5.78. The quantitative estimate of drug-likeness (QED) is 0.508. The first kappa shape index (κ1) is 13.2. The van der Waals surface area contributed by atoms with E-state index in [-0.39, 0.29) is 5.91 Å². The van der Waals surface area contributed by atoms with Gasteiger partial charge in [0.25, 0.3) is 0 Å². The molecule has 1 amide bonds. The Labute approximate surface area is 99.1 Å². The van der Waals surface area contributed by atoms with Gasteiger partial charge in [0, 0.05) is 19.6 Å². The number of likely N-dealkylation sites (N-methyl/N-ethyl adjacent to an activating group) is 1. The van der Waals surface area contributed by atoms with Gasteiger partial charge in [0.05, 0.1) is 6.54 Å². The number of allylic oxidation sites excluding steroid dienone is 2. The smallest absolute Gasteiger partial charge is 0.236 e. The van der Waals surface area contributed by atoms with Crippen LogP contribution in [-0.4, -0.2) is 48.4 Å². The van der Waals surface area contributed by atoms with Gasteiger partial charge in [-0.2, -0.15) is 0 Å². The van der Waals surface area contributed by atoms with Crippen LogP contribution < -0.4 is 0 Å². The third-order valence-corrected chi connectivity index (χ3v) is 3.03. The van der Waals surface area contributed by atoms with E-state index in [1.165, 1.54) is 0 Å². The molecule has 0 unspecified atom stereocenters. The molecule has 0 aromatic heterocycles. The molecule has 0 saturated carbocycles. The van der Waals surface area contributed by atoms with E-state index in [0.717, 1.165) is 45.4 Å². The normalized spacial score (nSPS) is 18.6. The van der Waals surface area contributed by atoms with Crippen molar-refractivity contribution in [3.05, 3.63) is 12.2 Å². The summed E-state index contributed by atoms with van der Waals surface area (Å²) in [5, 5.41) is 0. The van der Waals surface area contributed by atoms with Crippen molar-refractivity contribution >= 4 is 5.91 Å². The summed E-state index contributed by atoms with van der Waals surface area (Å²) in [4.78, 5) is 15.9. The number of carbonyl (C=O) groups excluding carboxylic acids is 1. The van der Waals surface area contributed by atoms with E-state index in [2.05, 4.69) is 24.0 Å². The zero-order chi connectivity index (χ0) is 11.8. The number of nitrogens with zero attached hydrogens (tertiary/aromatic N) is 2. The van der Waals surface area contributed by atoms with Crippen molar-refractivity contribution in [1.82, 2.24) is 9.80 Å². The molecule has 0 spiro atoms. The molecule has 16 heavy (non-hydrogen) atoms. The minimum atomic E-state index is 0.290. The molecule has 0 aliphatic carbocycles. The predicted octanol–water partition coefficient (Wildman–Crippen LogP) is 1.90. The maximum absolute atomic E-state index is 11.6. The molecule has 0 atom stereocenters. The molecule has 1 aliphatic rings. The number of rotatable bonds is 6. The van der Waals surface area contributed by atoms with Crippen LogP contribution >= 0.6 is 0 Å². The molecule has 1 aliphatic heterocycles. The first-order valence-corrected chi connectivity index (χ1v) is 6.43. The summed E-state index contributed by atoms with van der Waals surface area (Å²) in [6, 6.07) is 0. The van der Waals surface area contributed by atoms with Crippen LogP contribution in [0.2, 0.25) is 0 Å². The molecular weight excluding hydrogens is 200 g/mol. The summed E-state index contributed by atoms with van der Waals surface area (Å²) in [5.41, 5.74) is 0. The summed E-state index contributed by atoms with van der Waals surface area (Å²) in [5.74, 6) is 0.290. The number of carbonyl (C=O) groups is 1. The fourth-order valence-corrected chi connectivity index (χ4v) is 2.00. The molecule has 0 bridgehead atoms. The summed E-state index contributed by atoms with van der Waals surface area (Å²) < 4.78 is 0. The van der Waals surface area contributed by atoms with Crippen molar-refractivity contribution in [1.29, 1.82) is 0 Å². The topological polar surface area (TPSA) is 23.6 Å². The van der Waals surface area contributed by atoms with Gasteiger partial charge in [0.15, 0.2) is 0 Å². The van der Waals surface area contributed by atoms with Crippen molar-refractivity contribution in [2.75, 3.05) is 32.7 Å². The van der Waals surface area contributed by atoms with Crippen LogP contribution in [0, 0.1) is 0 Å². The van der Waals surface area contributed by atoms with E-state index in [0.29, 0.717) is 6.54 Å². The highest BCUT2D eigenvalue weighted by Gasteiger charge is 2.21. The van der Waals surface area contributed by atoms with Gasteiger partial charge in [-0.1, -0.05) is 19.1 Å². The summed E-state index contributed by atoms with van der Waals surface area (Å²) in [6.07, 6.45) is 7.86. The fraction of sp³-hybridized carbons (Fsp3) is 0.769. The maximum Gasteiger partial charge on any atom is 0.236 e. The molecule has 0 aromatic carbocycles. The second-order valence-corrected chi connectivity index (χ2v) is 4.27. The van der Waals surface area contributed by atoms with E-state index < -0.39 is 0 Å². The number of hydrogen-bond donors (Lipinski definition) is 0. The molecule has 1 heterocycles. The second-order valence-electron chi connectivity index (χ2n) is 4.27. The van der Waals surface area contributed by atoms with Crippen LogP contribution in [0.1, 0.15) is 33.1 Å². The fourth-order valence-electron chi connectivity index (χ4n) is 2.00. The molecule has 3 nitrogen and oxygen atoms in total. The van der Waals surface area contributed by atoms with Crippen LogP contribution in [0.25, 0.3) is 0 Å². The minimum Gasteiger partial charge on any atom is -0.341 e. The lowest BCUT2D eigenvalue weighted by Gasteiger charge is -2.33. The Bertz CT molecular complexity index is 238. The Balaban J connectivity index is 2.15. The standard InChI is InChI=1S/C13H24N2O/c1-3-5-6-7-8-9-14-10-11-15(4-2)13(16)12-14/h5-6H,3-4,7-12H2,1-2H3/b6-5-. The zero-order valence-corrected chi connectivity index (χ0v) is 10.6. The van der Waals surface area contributed by atoms with Gasteiger partial charge >= 0.3 is 0 Å². The van der Waals surface area contributed by atoms with Crippen LogP contribution in [-0.2, 0) is 4.79 Å². The molecule has 0 N–H and O–H groups in total. The van der Waals surface area contributed by atoms with Crippen molar-refractivity contribution in [3.63, 3.8) is 0 Å². The SMILES string of the molecule is CC/C=C\CCCN1CCN(CC)C(=O)C1. The Morgan fingerprint density at radius 1 is 1.25 bits per heavy atom. The van der Waals surface area contributed by atoms with Crippen molar-refractivity contribution < 1.29 is 4.79 Å². The lowest BCUT2D eigenvalue weighted by Crippen LogP contribution is -2.50. The first-order chi connectivity index (χ1) is 7.77. The number of unbranched alkanes of at least 4 members (excludes halogenated alkanes) is 1. The van der Waals surface area contributed by atoms with Gasteiger partial charge < -0.3 is 4.90 Å². The van der Waals surface area contributed by atoms with Gasteiger partial charge in [-0.15, -0.1) is 0 Å². The monoisotopic (exact) mass is 224 g/mol. The highest BCUT2D eigenvalue weighted by atomic mass is 16.2. The zero-order valence-electron chi connectivity index (χ0n) is 10.6. The summed E-state index contributed by atoms with van der Waals surface area (Å²) in [7, 11) is 0. The Kier molecular flexibility index (Phi) is 6.16. The van der Waals surface area contributed by atoms with Gasteiger partial charge in [-0.05, 0) is 32.7 Å². The average Bonchev–Trinajstić information content (AvgIpc) is 2.29. The second kappa shape index (κ2) is 7.44. The van der Waals surface area contributed by atoms with Crippen LogP contribution in [0.3, 0.4) is 0 Å². The summed E-state index contributed by atoms with van der Waals surface area (Å²) >= 11 is 0. The molecule has 1 rings (SSSR count). The number of piperazine rings is 1. The van der Waals surface area contributed by atoms with Gasteiger partial charge in [-0.3, -0.25) is 9.69 Å². The maximum atomic E-state index is 11.6. The average molecular weight is 224 g/mol. The van der Waals surface area contributed by atoms with Gasteiger partial charge in [0.1, 0.15) is 0 Å². The predicted molar refractivity (Wildman–Crippen MR) is 67.4 cm³/mol. The van der Waals surface area contributed by atoms with Crippen LogP contribution in [0.5, 0.6) is 0 Å². The molecule has 3 heteroatoms. The molecule has 0 aromatic rings. The van der Waals surface area contributed by atoms with E-state index in [1.807, 2.05) is 11.8 Å². The third-order valence-electron chi connectivity index (χ3n) is 3.03. The van der Waals surface area contributed by atoms with Gasteiger partial charge in [-0.25, -0.2) is 0 Å². The molecule has 0 radical (unpaired) electrons.